The molecule has 1 atom stereocenters. The highest BCUT2D eigenvalue weighted by Crippen LogP contribution is 2.20. The minimum Gasteiger partial charge on any atom is -0.501 e. The minimum atomic E-state index is -0.657. The van der Waals surface area contributed by atoms with Gasteiger partial charge >= 0.3 is 0 Å². The fraction of sp³-hybridized carbons (Fsp3) is 0.353. The van der Waals surface area contributed by atoms with Crippen LogP contribution in [0.4, 0.5) is 4.39 Å². The average Bonchev–Trinajstić information content (AvgIpc) is 2.64. The molecule has 26 heavy (non-hydrogen) atoms. The average molecular weight is 378 g/mol. The van der Waals surface area contributed by atoms with Gasteiger partial charge in [-0.1, -0.05) is 12.1 Å². The van der Waals surface area contributed by atoms with Crippen molar-refractivity contribution in [2.45, 2.75) is 19.1 Å². The van der Waals surface area contributed by atoms with Gasteiger partial charge in [-0.2, -0.15) is 11.8 Å². The highest BCUT2D eigenvalue weighted by Gasteiger charge is 2.27. The lowest BCUT2D eigenvalue weighted by molar-refractivity contribution is 0.0941. The van der Waals surface area contributed by atoms with Gasteiger partial charge in [0.05, 0.1) is 6.04 Å². The second kappa shape index (κ2) is 7.88. The summed E-state index contributed by atoms with van der Waals surface area (Å²) in [5.41, 5.74) is -0.219. The monoisotopic (exact) mass is 378 g/mol. The second-order valence-corrected chi connectivity index (χ2v) is 6.81. The number of benzene rings is 1. The molecule has 0 fully saturated rings. The van der Waals surface area contributed by atoms with Crippen molar-refractivity contribution in [1.82, 2.24) is 20.2 Å². The summed E-state index contributed by atoms with van der Waals surface area (Å²) in [7, 11) is 0. The highest BCUT2D eigenvalue weighted by atomic mass is 32.2. The zero-order chi connectivity index (χ0) is 18.7. The lowest BCUT2D eigenvalue weighted by Crippen LogP contribution is -2.42. The smallest absolute Gasteiger partial charge is 0.296 e. The molecular weight excluding hydrogens is 359 g/mol. The molecule has 1 amide bonds. The van der Waals surface area contributed by atoms with Crippen molar-refractivity contribution in [2.24, 2.45) is 0 Å². The number of aromatic nitrogens is 2. The standard InChI is InChI=1S/C17H19FN4O3S/c1-26-9-12-15-21-13(14(23)17(25)22(15)7-6-19-12)16(24)20-8-10-2-4-11(18)5-3-10/h2-5,12,19,23H,6-9H2,1H3,(H,20,24). The molecule has 1 unspecified atom stereocenters. The normalized spacial score (nSPS) is 16.2. The van der Waals surface area contributed by atoms with Crippen molar-refractivity contribution in [2.75, 3.05) is 18.6 Å². The fourth-order valence-corrected chi connectivity index (χ4v) is 3.41. The number of carbonyl (C=O) groups excluding carboxylic acids is 1. The Morgan fingerprint density at radius 1 is 1.46 bits per heavy atom. The fourth-order valence-electron chi connectivity index (χ4n) is 2.81. The number of rotatable bonds is 5. The lowest BCUT2D eigenvalue weighted by atomic mass is 10.2. The molecule has 2 aromatic rings. The molecule has 1 aromatic carbocycles. The van der Waals surface area contributed by atoms with Gasteiger partial charge in [0.2, 0.25) is 5.75 Å². The SMILES string of the molecule is CSCC1NCCn2c1nc(C(=O)NCc1ccc(F)cc1)c(O)c2=O. The first-order chi connectivity index (χ1) is 12.5. The summed E-state index contributed by atoms with van der Waals surface area (Å²) in [6.45, 7) is 1.11. The Bertz CT molecular complexity index is 870. The van der Waals surface area contributed by atoms with Crippen LogP contribution in [0.25, 0.3) is 0 Å². The third-order valence-electron chi connectivity index (χ3n) is 4.13. The van der Waals surface area contributed by atoms with Crippen LogP contribution >= 0.6 is 11.8 Å². The Kier molecular flexibility index (Phi) is 5.58. The van der Waals surface area contributed by atoms with Crippen LogP contribution in [-0.2, 0) is 13.1 Å². The quantitative estimate of drug-likeness (QED) is 0.719. The Hall–Kier alpha value is -2.39. The summed E-state index contributed by atoms with van der Waals surface area (Å²) in [5, 5.41) is 16.0. The highest BCUT2D eigenvalue weighted by molar-refractivity contribution is 7.98. The van der Waals surface area contributed by atoms with Crippen molar-refractivity contribution < 1.29 is 14.3 Å². The number of hydrogen-bond acceptors (Lipinski definition) is 6. The van der Waals surface area contributed by atoms with Gasteiger partial charge in [-0.15, -0.1) is 0 Å². The lowest BCUT2D eigenvalue weighted by Gasteiger charge is -2.27. The maximum Gasteiger partial charge on any atom is 0.296 e. The molecule has 0 bridgehead atoms. The number of nitrogens with zero attached hydrogens (tertiary/aromatic N) is 2. The molecule has 138 valence electrons. The van der Waals surface area contributed by atoms with E-state index in [4.69, 9.17) is 0 Å². The van der Waals surface area contributed by atoms with Crippen LogP contribution in [0.1, 0.15) is 27.9 Å². The number of fused-ring (bicyclic) bond motifs is 1. The molecule has 9 heteroatoms. The van der Waals surface area contributed by atoms with Crippen molar-refractivity contribution >= 4 is 17.7 Å². The van der Waals surface area contributed by atoms with E-state index in [1.54, 1.807) is 23.9 Å². The molecule has 2 heterocycles. The van der Waals surface area contributed by atoms with Crippen LogP contribution in [0.5, 0.6) is 5.75 Å². The van der Waals surface area contributed by atoms with Gasteiger partial charge in [0.15, 0.2) is 5.69 Å². The van der Waals surface area contributed by atoms with Crippen molar-refractivity contribution in [1.29, 1.82) is 0 Å². The Morgan fingerprint density at radius 3 is 2.88 bits per heavy atom. The summed E-state index contributed by atoms with van der Waals surface area (Å²) in [6, 6.07) is 5.50. The number of carbonyl (C=O) groups is 1. The third kappa shape index (κ3) is 3.73. The maximum absolute atomic E-state index is 12.9. The molecule has 1 aliphatic rings. The number of hydrogen-bond donors (Lipinski definition) is 3. The first kappa shape index (κ1) is 18.4. The van der Waals surface area contributed by atoms with E-state index in [1.807, 2.05) is 6.26 Å². The van der Waals surface area contributed by atoms with Crippen LogP contribution < -0.4 is 16.2 Å². The van der Waals surface area contributed by atoms with E-state index in [-0.39, 0.29) is 24.1 Å². The summed E-state index contributed by atoms with van der Waals surface area (Å²) in [4.78, 5) is 29.1. The number of aromatic hydroxyl groups is 1. The van der Waals surface area contributed by atoms with Crippen LogP contribution in [0.2, 0.25) is 0 Å². The number of amides is 1. The minimum absolute atomic E-state index is 0.130. The molecule has 0 aliphatic carbocycles. The van der Waals surface area contributed by atoms with E-state index in [9.17, 15) is 19.1 Å². The van der Waals surface area contributed by atoms with Crippen molar-refractivity contribution in [3.05, 3.63) is 57.5 Å². The summed E-state index contributed by atoms with van der Waals surface area (Å²) >= 11 is 1.59. The van der Waals surface area contributed by atoms with Gasteiger partial charge in [0.25, 0.3) is 11.5 Å². The number of halogens is 1. The molecule has 0 saturated carbocycles. The van der Waals surface area contributed by atoms with Crippen LogP contribution in [0.3, 0.4) is 0 Å². The first-order valence-electron chi connectivity index (χ1n) is 8.10. The molecule has 7 nitrogen and oxygen atoms in total. The van der Waals surface area contributed by atoms with Crippen LogP contribution in [0, 0.1) is 5.82 Å². The van der Waals surface area contributed by atoms with Gasteiger partial charge in [-0.25, -0.2) is 9.37 Å². The Balaban J connectivity index is 1.85. The molecule has 0 spiro atoms. The molecule has 0 radical (unpaired) electrons. The molecular formula is C17H19FN4O3S. The van der Waals surface area contributed by atoms with Gasteiger partial charge < -0.3 is 15.7 Å². The predicted octanol–water partition coefficient (Wildman–Crippen LogP) is 1.03. The molecule has 1 aliphatic heterocycles. The summed E-state index contributed by atoms with van der Waals surface area (Å²) in [6.07, 6.45) is 1.94. The van der Waals surface area contributed by atoms with Gasteiger partial charge in [-0.3, -0.25) is 14.2 Å². The van der Waals surface area contributed by atoms with Crippen molar-refractivity contribution in [3.63, 3.8) is 0 Å². The maximum atomic E-state index is 12.9. The van der Waals surface area contributed by atoms with E-state index < -0.39 is 17.2 Å². The number of thioether (sulfide) groups is 1. The van der Waals surface area contributed by atoms with Gasteiger partial charge in [-0.05, 0) is 24.0 Å². The van der Waals surface area contributed by atoms with Gasteiger partial charge in [0.1, 0.15) is 11.6 Å². The summed E-state index contributed by atoms with van der Waals surface area (Å²) in [5.74, 6) is -0.542. The van der Waals surface area contributed by atoms with Gasteiger partial charge in [0, 0.05) is 25.4 Å². The molecule has 1 aromatic heterocycles. The zero-order valence-electron chi connectivity index (χ0n) is 14.2. The largest absolute Gasteiger partial charge is 0.501 e. The Labute approximate surface area is 153 Å². The van der Waals surface area contributed by atoms with Crippen LogP contribution in [0.15, 0.2) is 29.1 Å². The first-order valence-corrected chi connectivity index (χ1v) is 9.49. The molecule has 3 rings (SSSR count). The predicted molar refractivity (Wildman–Crippen MR) is 96.9 cm³/mol. The van der Waals surface area contributed by atoms with E-state index in [2.05, 4.69) is 15.6 Å². The van der Waals surface area contributed by atoms with E-state index >= 15 is 0 Å². The Morgan fingerprint density at radius 2 is 2.19 bits per heavy atom. The molecule has 3 N–H and O–H groups in total. The van der Waals surface area contributed by atoms with Crippen LogP contribution in [-0.4, -0.2) is 39.1 Å². The molecule has 0 saturated heterocycles. The zero-order valence-corrected chi connectivity index (χ0v) is 15.0. The van der Waals surface area contributed by atoms with E-state index in [1.165, 1.54) is 16.7 Å². The topological polar surface area (TPSA) is 96.2 Å². The number of nitrogens with one attached hydrogen (secondary N) is 2. The second-order valence-electron chi connectivity index (χ2n) is 5.90. The van der Waals surface area contributed by atoms with E-state index in [0.717, 1.165) is 0 Å². The van der Waals surface area contributed by atoms with Crippen molar-refractivity contribution in [3.8, 4) is 5.75 Å². The third-order valence-corrected chi connectivity index (χ3v) is 4.79. The van der Waals surface area contributed by atoms with E-state index in [0.29, 0.717) is 30.2 Å². The summed E-state index contributed by atoms with van der Waals surface area (Å²) < 4.78 is 14.3.